The average Bonchev–Trinajstić information content (AvgIpc) is 2.88. The van der Waals surface area contributed by atoms with E-state index in [4.69, 9.17) is 0 Å². The van der Waals surface area contributed by atoms with Gasteiger partial charge in [0, 0.05) is 5.92 Å². The molecule has 25 heavy (non-hydrogen) atoms. The average molecular weight is 376 g/mol. The Morgan fingerprint density at radius 2 is 1.88 bits per heavy atom. The third-order valence-electron chi connectivity index (χ3n) is 4.40. The van der Waals surface area contributed by atoms with Gasteiger partial charge in [0.25, 0.3) is 0 Å². The Bertz CT molecular complexity index is 738. The van der Waals surface area contributed by atoms with Gasteiger partial charge in [-0.15, -0.1) is 6.58 Å². The quantitative estimate of drug-likeness (QED) is 0.583. The summed E-state index contributed by atoms with van der Waals surface area (Å²) in [6.45, 7) is 5.43. The van der Waals surface area contributed by atoms with Crippen LogP contribution in [0.15, 0.2) is 41.8 Å². The van der Waals surface area contributed by atoms with Gasteiger partial charge in [0.05, 0.1) is 10.6 Å². The minimum absolute atomic E-state index is 0.0914. The van der Waals surface area contributed by atoms with Crippen molar-refractivity contribution in [3.8, 4) is 0 Å². The number of rotatable bonds is 5. The predicted octanol–water partition coefficient (Wildman–Crippen LogP) is 3.46. The van der Waals surface area contributed by atoms with Crippen LogP contribution in [0, 0.1) is 18.8 Å². The lowest BCUT2D eigenvalue weighted by molar-refractivity contribution is -0.206. The molecule has 1 fully saturated rings. The van der Waals surface area contributed by atoms with Crippen molar-refractivity contribution in [1.82, 2.24) is 0 Å². The summed E-state index contributed by atoms with van der Waals surface area (Å²) in [5, 5.41) is 0. The molecule has 0 bridgehead atoms. The van der Waals surface area contributed by atoms with E-state index in [1.165, 1.54) is 18.2 Å². The van der Waals surface area contributed by atoms with Crippen LogP contribution < -0.4 is 0 Å². The van der Waals surface area contributed by atoms with Crippen LogP contribution in [0.2, 0.25) is 0 Å². The Hall–Kier alpha value is -1.83. The van der Waals surface area contributed by atoms with Crippen LogP contribution in [-0.4, -0.2) is 32.4 Å². The number of carbonyl (C=O) groups excluding carboxylic acids is 1. The molecule has 0 amide bonds. The maximum atomic E-state index is 12.6. The first kappa shape index (κ1) is 19.5. The number of hydrogen-bond acceptors (Lipinski definition) is 4. The van der Waals surface area contributed by atoms with E-state index >= 15 is 0 Å². The molecule has 138 valence electrons. The van der Waals surface area contributed by atoms with Gasteiger partial charge < -0.3 is 4.74 Å². The summed E-state index contributed by atoms with van der Waals surface area (Å²) in [6, 6.07) is 6.21. The van der Waals surface area contributed by atoms with Crippen molar-refractivity contribution in [2.75, 3.05) is 5.75 Å². The predicted molar refractivity (Wildman–Crippen MR) is 85.6 cm³/mol. The van der Waals surface area contributed by atoms with Crippen molar-refractivity contribution >= 4 is 15.8 Å². The summed E-state index contributed by atoms with van der Waals surface area (Å²) in [6.07, 6.45) is -4.10. The highest BCUT2D eigenvalue weighted by atomic mass is 32.2. The largest absolute Gasteiger partial charge is 0.490 e. The maximum absolute atomic E-state index is 12.6. The third-order valence-corrected chi connectivity index (χ3v) is 6.21. The fraction of sp³-hybridized carbons (Fsp3) is 0.471. The van der Waals surface area contributed by atoms with Crippen LogP contribution in [0.3, 0.4) is 0 Å². The molecule has 1 saturated carbocycles. The topological polar surface area (TPSA) is 60.4 Å². The first-order valence-electron chi connectivity index (χ1n) is 7.74. The fourth-order valence-electron chi connectivity index (χ4n) is 3.03. The summed E-state index contributed by atoms with van der Waals surface area (Å²) in [7, 11) is -3.73. The number of halogens is 3. The number of hydrogen-bond donors (Lipinski definition) is 0. The third kappa shape index (κ3) is 4.62. The molecule has 1 aromatic rings. The van der Waals surface area contributed by atoms with Crippen molar-refractivity contribution in [3.63, 3.8) is 0 Å². The van der Waals surface area contributed by atoms with Crippen LogP contribution in [0.1, 0.15) is 18.4 Å². The molecular formula is C17H19F3O4S. The molecule has 1 aromatic carbocycles. The second kappa shape index (κ2) is 7.19. The molecule has 1 aliphatic carbocycles. The van der Waals surface area contributed by atoms with E-state index in [9.17, 15) is 26.4 Å². The standard InChI is InChI=1S/C17H19F3O4S/c1-3-12-6-9-15(24-16(21)17(18,19)20)14(12)10-25(22,23)13-7-4-11(2)5-8-13/h3-5,7-8,12,14-15H,1,6,9-10H2,2H3/t12-,14-,15+/m1/s1. The highest BCUT2D eigenvalue weighted by Crippen LogP contribution is 2.38. The van der Waals surface area contributed by atoms with Crippen LogP contribution in [0.4, 0.5) is 13.2 Å². The minimum Gasteiger partial charge on any atom is -0.455 e. The van der Waals surface area contributed by atoms with Gasteiger partial charge in [0.2, 0.25) is 0 Å². The van der Waals surface area contributed by atoms with Crippen LogP contribution in [0.25, 0.3) is 0 Å². The molecule has 3 atom stereocenters. The van der Waals surface area contributed by atoms with E-state index in [0.29, 0.717) is 6.42 Å². The van der Waals surface area contributed by atoms with Gasteiger partial charge in [0.1, 0.15) is 6.10 Å². The van der Waals surface area contributed by atoms with E-state index in [-0.39, 0.29) is 17.2 Å². The molecular weight excluding hydrogens is 357 g/mol. The summed E-state index contributed by atoms with van der Waals surface area (Å²) in [5.41, 5.74) is 0.890. The smallest absolute Gasteiger partial charge is 0.455 e. The first-order chi connectivity index (χ1) is 11.5. The van der Waals surface area contributed by atoms with Crippen molar-refractivity contribution in [2.24, 2.45) is 11.8 Å². The summed E-state index contributed by atoms with van der Waals surface area (Å²) >= 11 is 0. The lowest BCUT2D eigenvalue weighted by atomic mass is 9.97. The zero-order chi connectivity index (χ0) is 18.8. The van der Waals surface area contributed by atoms with E-state index in [1.54, 1.807) is 12.1 Å². The molecule has 0 unspecified atom stereocenters. The number of benzene rings is 1. The molecule has 0 heterocycles. The van der Waals surface area contributed by atoms with Gasteiger partial charge in [-0.1, -0.05) is 23.8 Å². The molecule has 1 aliphatic rings. The monoisotopic (exact) mass is 376 g/mol. The minimum atomic E-state index is -5.10. The van der Waals surface area contributed by atoms with Gasteiger partial charge >= 0.3 is 12.1 Å². The number of sulfone groups is 1. The zero-order valence-corrected chi connectivity index (χ0v) is 14.4. The number of esters is 1. The molecule has 0 N–H and O–H groups in total. The number of alkyl halides is 3. The Labute approximate surface area is 144 Å². The Balaban J connectivity index is 2.21. The highest BCUT2D eigenvalue weighted by molar-refractivity contribution is 7.91. The van der Waals surface area contributed by atoms with Crippen LogP contribution in [-0.2, 0) is 19.4 Å². The highest BCUT2D eigenvalue weighted by Gasteiger charge is 2.46. The van der Waals surface area contributed by atoms with Crippen LogP contribution in [0.5, 0.6) is 0 Å². The number of ether oxygens (including phenoxy) is 1. The first-order valence-corrected chi connectivity index (χ1v) is 9.39. The van der Waals surface area contributed by atoms with Gasteiger partial charge in [0.15, 0.2) is 9.84 Å². The molecule has 0 spiro atoms. The summed E-state index contributed by atoms with van der Waals surface area (Å²) in [5.74, 6) is -3.77. The second-order valence-corrected chi connectivity index (χ2v) is 8.21. The zero-order valence-electron chi connectivity index (χ0n) is 13.6. The number of aryl methyl sites for hydroxylation is 1. The van der Waals surface area contributed by atoms with Gasteiger partial charge in [-0.3, -0.25) is 0 Å². The lowest BCUT2D eigenvalue weighted by Gasteiger charge is -2.23. The van der Waals surface area contributed by atoms with E-state index in [2.05, 4.69) is 11.3 Å². The van der Waals surface area contributed by atoms with Crippen LogP contribution >= 0.6 is 0 Å². The molecule has 2 rings (SSSR count). The van der Waals surface area contributed by atoms with Crippen molar-refractivity contribution < 1.29 is 31.1 Å². The normalized spacial score (nSPS) is 24.1. The number of allylic oxidation sites excluding steroid dienone is 1. The SMILES string of the molecule is C=C[C@@H]1CC[C@H](OC(=O)C(F)(F)F)[C@@H]1CS(=O)(=O)c1ccc(C)cc1. The fourth-order valence-corrected chi connectivity index (χ4v) is 4.74. The molecule has 0 radical (unpaired) electrons. The van der Waals surface area contributed by atoms with Crippen molar-refractivity contribution in [1.29, 1.82) is 0 Å². The second-order valence-electron chi connectivity index (χ2n) is 6.18. The molecule has 0 aliphatic heterocycles. The van der Waals surface area contributed by atoms with Gasteiger partial charge in [-0.25, -0.2) is 13.2 Å². The molecule has 0 aromatic heterocycles. The lowest BCUT2D eigenvalue weighted by Crippen LogP contribution is -2.35. The Morgan fingerprint density at radius 1 is 1.28 bits per heavy atom. The van der Waals surface area contributed by atoms with E-state index in [1.807, 2.05) is 6.92 Å². The van der Waals surface area contributed by atoms with Gasteiger partial charge in [-0.2, -0.15) is 13.2 Å². The molecule has 0 saturated heterocycles. The van der Waals surface area contributed by atoms with Crippen molar-refractivity contribution in [3.05, 3.63) is 42.5 Å². The summed E-state index contributed by atoms with van der Waals surface area (Å²) < 4.78 is 67.0. The maximum Gasteiger partial charge on any atom is 0.490 e. The Kier molecular flexibility index (Phi) is 5.61. The van der Waals surface area contributed by atoms with E-state index in [0.717, 1.165) is 5.56 Å². The summed E-state index contributed by atoms with van der Waals surface area (Å²) in [4.78, 5) is 11.2. The van der Waals surface area contributed by atoms with E-state index < -0.39 is 39.8 Å². The molecule has 8 heteroatoms. The van der Waals surface area contributed by atoms with Crippen molar-refractivity contribution in [2.45, 2.75) is 36.9 Å². The molecule has 4 nitrogen and oxygen atoms in total. The number of carbonyl (C=O) groups is 1. The Morgan fingerprint density at radius 3 is 2.40 bits per heavy atom. The van der Waals surface area contributed by atoms with Gasteiger partial charge in [-0.05, 0) is 37.8 Å².